The van der Waals surface area contributed by atoms with Crippen LogP contribution in [0.5, 0.6) is 5.75 Å². The second-order valence-electron chi connectivity index (χ2n) is 2.14. The van der Waals surface area contributed by atoms with Crippen LogP contribution < -0.4 is 4.74 Å². The fraction of sp³-hybridized carbons (Fsp3) is 0.125. The van der Waals surface area contributed by atoms with Gasteiger partial charge in [0.25, 0.3) is 0 Å². The molecule has 0 saturated heterocycles. The Morgan fingerprint density at radius 3 is 2.67 bits per heavy atom. The van der Waals surface area contributed by atoms with Gasteiger partial charge in [-0.3, -0.25) is 4.79 Å². The molecule has 12 heavy (non-hydrogen) atoms. The standard InChI is InChI=1S/C8H6FIO2/c1-12-8-6(9)2-5(4-11)3-7(8)10/h2-4H,1H3. The van der Waals surface area contributed by atoms with Crippen LogP contribution in [0.25, 0.3) is 0 Å². The van der Waals surface area contributed by atoms with E-state index in [1.165, 1.54) is 7.11 Å². The van der Waals surface area contributed by atoms with Crippen LogP contribution in [0.3, 0.4) is 0 Å². The Hall–Kier alpha value is -0.650. The van der Waals surface area contributed by atoms with Crippen LogP contribution in [0.1, 0.15) is 10.4 Å². The van der Waals surface area contributed by atoms with E-state index in [4.69, 9.17) is 4.74 Å². The minimum atomic E-state index is -0.508. The lowest BCUT2D eigenvalue weighted by atomic mass is 10.2. The molecule has 0 spiro atoms. The number of halogens is 2. The molecule has 0 radical (unpaired) electrons. The molecule has 0 N–H and O–H groups in total. The van der Waals surface area contributed by atoms with Crippen LogP contribution in [-0.4, -0.2) is 13.4 Å². The van der Waals surface area contributed by atoms with Crippen molar-refractivity contribution in [3.8, 4) is 5.75 Å². The molecule has 0 atom stereocenters. The molecule has 1 aromatic rings. The van der Waals surface area contributed by atoms with Gasteiger partial charge in [-0.2, -0.15) is 0 Å². The smallest absolute Gasteiger partial charge is 0.167 e. The number of benzene rings is 1. The van der Waals surface area contributed by atoms with Crippen LogP contribution in [-0.2, 0) is 0 Å². The van der Waals surface area contributed by atoms with Crippen molar-refractivity contribution in [1.82, 2.24) is 0 Å². The molecule has 1 rings (SSSR count). The third kappa shape index (κ3) is 1.74. The van der Waals surface area contributed by atoms with E-state index in [0.717, 1.165) is 6.07 Å². The molecule has 0 unspecified atom stereocenters. The third-order valence-electron chi connectivity index (χ3n) is 1.36. The van der Waals surface area contributed by atoms with Gasteiger partial charge >= 0.3 is 0 Å². The van der Waals surface area contributed by atoms with Gasteiger partial charge in [0.15, 0.2) is 11.6 Å². The second kappa shape index (κ2) is 3.84. The monoisotopic (exact) mass is 280 g/mol. The van der Waals surface area contributed by atoms with Gasteiger partial charge in [0.05, 0.1) is 10.7 Å². The molecular formula is C8H6FIO2. The average Bonchev–Trinajstić information content (AvgIpc) is 2.03. The Bertz CT molecular complexity index is 289. The van der Waals surface area contributed by atoms with Crippen LogP contribution in [0.15, 0.2) is 12.1 Å². The molecular weight excluding hydrogens is 274 g/mol. The summed E-state index contributed by atoms with van der Waals surface area (Å²) >= 11 is 1.91. The van der Waals surface area contributed by atoms with E-state index in [0.29, 0.717) is 15.4 Å². The maximum Gasteiger partial charge on any atom is 0.167 e. The summed E-state index contributed by atoms with van der Waals surface area (Å²) in [5.41, 5.74) is 0.317. The Balaban J connectivity index is 3.27. The summed E-state index contributed by atoms with van der Waals surface area (Å²) in [7, 11) is 1.39. The first-order valence-corrected chi connectivity index (χ1v) is 4.25. The van der Waals surface area contributed by atoms with Crippen molar-refractivity contribution in [2.75, 3.05) is 7.11 Å². The molecule has 0 aliphatic carbocycles. The maximum absolute atomic E-state index is 13.0. The van der Waals surface area contributed by atoms with Gasteiger partial charge in [-0.15, -0.1) is 0 Å². The number of carbonyl (C=O) groups excluding carboxylic acids is 1. The lowest BCUT2D eigenvalue weighted by Gasteiger charge is -2.04. The minimum absolute atomic E-state index is 0.182. The zero-order chi connectivity index (χ0) is 9.14. The summed E-state index contributed by atoms with van der Waals surface area (Å²) < 4.78 is 18.4. The molecule has 4 heteroatoms. The van der Waals surface area contributed by atoms with Crippen LogP contribution in [0, 0.1) is 9.39 Å². The Labute approximate surface area is 82.9 Å². The summed E-state index contributed by atoms with van der Waals surface area (Å²) in [4.78, 5) is 10.3. The van der Waals surface area contributed by atoms with E-state index in [9.17, 15) is 9.18 Å². The van der Waals surface area contributed by atoms with Gasteiger partial charge < -0.3 is 4.74 Å². The van der Waals surface area contributed by atoms with Gasteiger partial charge in [0.1, 0.15) is 6.29 Å². The molecule has 0 aliphatic rings. The molecule has 2 nitrogen and oxygen atoms in total. The van der Waals surface area contributed by atoms with E-state index in [1.807, 2.05) is 22.6 Å². The zero-order valence-electron chi connectivity index (χ0n) is 6.30. The summed E-state index contributed by atoms with van der Waals surface area (Å²) in [5, 5.41) is 0. The van der Waals surface area contributed by atoms with Crippen LogP contribution in [0.4, 0.5) is 4.39 Å². The highest BCUT2D eigenvalue weighted by Crippen LogP contribution is 2.24. The van der Waals surface area contributed by atoms with E-state index in [1.54, 1.807) is 6.07 Å². The largest absolute Gasteiger partial charge is 0.493 e. The molecule has 0 aliphatic heterocycles. The molecule has 0 fully saturated rings. The van der Waals surface area contributed by atoms with Crippen LogP contribution in [0.2, 0.25) is 0 Å². The number of hydrogen-bond donors (Lipinski definition) is 0. The Kier molecular flexibility index (Phi) is 3.02. The third-order valence-corrected chi connectivity index (χ3v) is 2.16. The molecule has 0 aromatic heterocycles. The number of rotatable bonds is 2. The van der Waals surface area contributed by atoms with Crippen molar-refractivity contribution in [2.45, 2.75) is 0 Å². The van der Waals surface area contributed by atoms with E-state index >= 15 is 0 Å². The second-order valence-corrected chi connectivity index (χ2v) is 3.30. The summed E-state index contributed by atoms with van der Waals surface area (Å²) in [6.07, 6.45) is 0.602. The first kappa shape index (κ1) is 9.44. The minimum Gasteiger partial charge on any atom is -0.493 e. The molecule has 0 saturated carbocycles. The lowest BCUT2D eigenvalue weighted by Crippen LogP contribution is -1.93. The van der Waals surface area contributed by atoms with Crippen molar-refractivity contribution in [2.24, 2.45) is 0 Å². The predicted octanol–water partition coefficient (Wildman–Crippen LogP) is 2.25. The topological polar surface area (TPSA) is 26.3 Å². The molecule has 1 aromatic carbocycles. The average molecular weight is 280 g/mol. The fourth-order valence-electron chi connectivity index (χ4n) is 0.843. The van der Waals surface area contributed by atoms with E-state index < -0.39 is 5.82 Å². The molecule has 64 valence electrons. The van der Waals surface area contributed by atoms with Gasteiger partial charge in [0, 0.05) is 5.56 Å². The predicted molar refractivity (Wildman–Crippen MR) is 51.1 cm³/mol. The highest BCUT2D eigenvalue weighted by atomic mass is 127. The van der Waals surface area contributed by atoms with Gasteiger partial charge in [0.2, 0.25) is 0 Å². The normalized spacial score (nSPS) is 9.58. The maximum atomic E-state index is 13.0. The van der Waals surface area contributed by atoms with Crippen molar-refractivity contribution >= 4 is 28.9 Å². The Morgan fingerprint density at radius 1 is 1.58 bits per heavy atom. The van der Waals surface area contributed by atoms with Gasteiger partial charge in [-0.1, -0.05) is 0 Å². The summed E-state index contributed by atoms with van der Waals surface area (Å²) in [6, 6.07) is 2.71. The fourth-order valence-corrected chi connectivity index (χ4v) is 1.68. The number of methoxy groups -OCH3 is 1. The van der Waals surface area contributed by atoms with Crippen molar-refractivity contribution < 1.29 is 13.9 Å². The van der Waals surface area contributed by atoms with Crippen molar-refractivity contribution in [3.63, 3.8) is 0 Å². The van der Waals surface area contributed by atoms with Gasteiger partial charge in [-0.05, 0) is 34.7 Å². The summed E-state index contributed by atoms with van der Waals surface area (Å²) in [5.74, 6) is -0.326. The van der Waals surface area contributed by atoms with Crippen LogP contribution >= 0.6 is 22.6 Å². The SMILES string of the molecule is COc1c(F)cc(C=O)cc1I. The lowest BCUT2D eigenvalue weighted by molar-refractivity contribution is 0.112. The van der Waals surface area contributed by atoms with Crippen molar-refractivity contribution in [1.29, 1.82) is 0 Å². The first-order valence-electron chi connectivity index (χ1n) is 3.17. The number of ether oxygens (including phenoxy) is 1. The number of aldehydes is 1. The van der Waals surface area contributed by atoms with E-state index in [2.05, 4.69) is 0 Å². The summed E-state index contributed by atoms with van der Waals surface area (Å²) in [6.45, 7) is 0. The Morgan fingerprint density at radius 2 is 2.25 bits per heavy atom. The quantitative estimate of drug-likeness (QED) is 0.613. The highest BCUT2D eigenvalue weighted by molar-refractivity contribution is 14.1. The van der Waals surface area contributed by atoms with Gasteiger partial charge in [-0.25, -0.2) is 4.39 Å². The zero-order valence-corrected chi connectivity index (χ0v) is 8.46. The molecule has 0 amide bonds. The highest BCUT2D eigenvalue weighted by Gasteiger charge is 2.08. The first-order chi connectivity index (χ1) is 5.69. The molecule has 0 heterocycles. The molecule has 0 bridgehead atoms. The number of hydrogen-bond acceptors (Lipinski definition) is 2. The van der Waals surface area contributed by atoms with Crippen molar-refractivity contribution in [3.05, 3.63) is 27.1 Å². The van der Waals surface area contributed by atoms with E-state index in [-0.39, 0.29) is 5.75 Å². The number of carbonyl (C=O) groups is 1.